The van der Waals surface area contributed by atoms with Crippen molar-refractivity contribution in [2.24, 2.45) is 0 Å². The second-order valence-corrected chi connectivity index (χ2v) is 4.40. The standard InChI is InChI=1S/C15H20N2O3/c1-3-8-16-10-12-9-13(20-17-12)11-19-15-7-5-4-6-14(15)18-2/h4-7,9,16H,3,8,10-11H2,1-2H3. The number of methoxy groups -OCH3 is 1. The molecule has 2 aromatic rings. The molecule has 0 saturated carbocycles. The van der Waals surface area contributed by atoms with E-state index in [1.807, 2.05) is 30.3 Å². The van der Waals surface area contributed by atoms with Crippen molar-refractivity contribution >= 4 is 0 Å². The zero-order valence-corrected chi connectivity index (χ0v) is 11.9. The van der Waals surface area contributed by atoms with Gasteiger partial charge in [-0.25, -0.2) is 0 Å². The SMILES string of the molecule is CCCNCc1cc(COc2ccccc2OC)on1. The molecule has 0 saturated heterocycles. The molecule has 0 radical (unpaired) electrons. The van der Waals surface area contributed by atoms with E-state index in [2.05, 4.69) is 17.4 Å². The lowest BCUT2D eigenvalue weighted by atomic mass is 10.3. The maximum atomic E-state index is 5.67. The lowest BCUT2D eigenvalue weighted by Crippen LogP contribution is -2.13. The van der Waals surface area contributed by atoms with Crippen LogP contribution in [0.2, 0.25) is 0 Å². The van der Waals surface area contributed by atoms with Gasteiger partial charge in [-0.1, -0.05) is 24.2 Å². The van der Waals surface area contributed by atoms with Crippen molar-refractivity contribution in [3.05, 3.63) is 41.8 Å². The number of rotatable bonds is 8. The lowest BCUT2D eigenvalue weighted by molar-refractivity contribution is 0.238. The van der Waals surface area contributed by atoms with Crippen molar-refractivity contribution in [3.8, 4) is 11.5 Å². The van der Waals surface area contributed by atoms with Gasteiger partial charge in [0.25, 0.3) is 0 Å². The van der Waals surface area contributed by atoms with Gasteiger partial charge < -0.3 is 19.3 Å². The molecule has 0 bridgehead atoms. The van der Waals surface area contributed by atoms with Gasteiger partial charge in [-0.3, -0.25) is 0 Å². The largest absolute Gasteiger partial charge is 0.493 e. The molecule has 2 rings (SSSR count). The topological polar surface area (TPSA) is 56.5 Å². The van der Waals surface area contributed by atoms with Crippen LogP contribution < -0.4 is 14.8 Å². The molecule has 0 unspecified atom stereocenters. The maximum Gasteiger partial charge on any atom is 0.174 e. The fourth-order valence-corrected chi connectivity index (χ4v) is 1.79. The lowest BCUT2D eigenvalue weighted by Gasteiger charge is -2.08. The Morgan fingerprint density at radius 1 is 1.25 bits per heavy atom. The molecule has 1 N–H and O–H groups in total. The predicted octanol–water partition coefficient (Wildman–Crippen LogP) is 2.76. The highest BCUT2D eigenvalue weighted by molar-refractivity contribution is 5.39. The summed E-state index contributed by atoms with van der Waals surface area (Å²) in [5, 5.41) is 7.27. The highest BCUT2D eigenvalue weighted by Gasteiger charge is 2.07. The van der Waals surface area contributed by atoms with Crippen LogP contribution >= 0.6 is 0 Å². The van der Waals surface area contributed by atoms with Crippen molar-refractivity contribution in [2.75, 3.05) is 13.7 Å². The first kappa shape index (κ1) is 14.4. The molecule has 0 amide bonds. The fraction of sp³-hybridized carbons (Fsp3) is 0.400. The maximum absolute atomic E-state index is 5.67. The number of nitrogens with one attached hydrogen (secondary N) is 1. The van der Waals surface area contributed by atoms with Gasteiger partial charge in [-0.15, -0.1) is 0 Å². The van der Waals surface area contributed by atoms with E-state index in [1.54, 1.807) is 7.11 Å². The Morgan fingerprint density at radius 2 is 2.05 bits per heavy atom. The molecule has 0 spiro atoms. The Balaban J connectivity index is 1.87. The molecule has 5 nitrogen and oxygen atoms in total. The van der Waals surface area contributed by atoms with Crippen LogP contribution in [0.3, 0.4) is 0 Å². The number of ether oxygens (including phenoxy) is 2. The van der Waals surface area contributed by atoms with Crippen LogP contribution in [-0.2, 0) is 13.2 Å². The van der Waals surface area contributed by atoms with E-state index >= 15 is 0 Å². The van der Waals surface area contributed by atoms with E-state index in [4.69, 9.17) is 14.0 Å². The third kappa shape index (κ3) is 3.99. The summed E-state index contributed by atoms with van der Waals surface area (Å²) >= 11 is 0. The van der Waals surface area contributed by atoms with Crippen LogP contribution in [0.4, 0.5) is 0 Å². The Bertz CT molecular complexity index is 525. The number of hydrogen-bond acceptors (Lipinski definition) is 5. The molecule has 5 heteroatoms. The predicted molar refractivity (Wildman–Crippen MR) is 75.8 cm³/mol. The fourth-order valence-electron chi connectivity index (χ4n) is 1.79. The van der Waals surface area contributed by atoms with E-state index in [-0.39, 0.29) is 0 Å². The van der Waals surface area contributed by atoms with Crippen molar-refractivity contribution in [1.29, 1.82) is 0 Å². The Labute approximate surface area is 118 Å². The molecule has 0 aliphatic heterocycles. The highest BCUT2D eigenvalue weighted by Crippen LogP contribution is 2.26. The Kier molecular flexibility index (Phi) is 5.43. The first-order chi connectivity index (χ1) is 9.83. The van der Waals surface area contributed by atoms with Gasteiger partial charge in [-0.2, -0.15) is 0 Å². The van der Waals surface area contributed by atoms with Crippen molar-refractivity contribution in [1.82, 2.24) is 10.5 Å². The normalized spacial score (nSPS) is 10.5. The minimum absolute atomic E-state index is 0.334. The molecule has 1 aromatic carbocycles. The van der Waals surface area contributed by atoms with Gasteiger partial charge >= 0.3 is 0 Å². The number of hydrogen-bond donors (Lipinski definition) is 1. The molecule has 1 heterocycles. The molecular weight excluding hydrogens is 256 g/mol. The van der Waals surface area contributed by atoms with E-state index in [0.717, 1.165) is 18.7 Å². The van der Waals surface area contributed by atoms with E-state index in [0.29, 0.717) is 30.4 Å². The van der Waals surface area contributed by atoms with Crippen molar-refractivity contribution < 1.29 is 14.0 Å². The summed E-state index contributed by atoms with van der Waals surface area (Å²) in [6.07, 6.45) is 1.10. The van der Waals surface area contributed by atoms with E-state index in [1.165, 1.54) is 0 Å². The summed E-state index contributed by atoms with van der Waals surface area (Å²) < 4.78 is 16.1. The van der Waals surface area contributed by atoms with Gasteiger partial charge in [-0.05, 0) is 25.1 Å². The Hall–Kier alpha value is -2.01. The van der Waals surface area contributed by atoms with Crippen LogP contribution in [-0.4, -0.2) is 18.8 Å². The van der Waals surface area contributed by atoms with E-state index < -0.39 is 0 Å². The third-order valence-electron chi connectivity index (χ3n) is 2.78. The number of aromatic nitrogens is 1. The van der Waals surface area contributed by atoms with E-state index in [9.17, 15) is 0 Å². The first-order valence-corrected chi connectivity index (χ1v) is 6.74. The number of para-hydroxylation sites is 2. The molecule has 0 fully saturated rings. The van der Waals surface area contributed by atoms with Crippen LogP contribution in [0, 0.1) is 0 Å². The second-order valence-electron chi connectivity index (χ2n) is 4.40. The summed E-state index contributed by atoms with van der Waals surface area (Å²) in [7, 11) is 1.62. The Morgan fingerprint density at radius 3 is 2.80 bits per heavy atom. The first-order valence-electron chi connectivity index (χ1n) is 6.74. The molecular formula is C15H20N2O3. The smallest absolute Gasteiger partial charge is 0.174 e. The third-order valence-corrected chi connectivity index (χ3v) is 2.78. The minimum Gasteiger partial charge on any atom is -0.493 e. The van der Waals surface area contributed by atoms with Crippen LogP contribution in [0.25, 0.3) is 0 Å². The van der Waals surface area contributed by atoms with Gasteiger partial charge in [0.15, 0.2) is 17.3 Å². The quantitative estimate of drug-likeness (QED) is 0.751. The monoisotopic (exact) mass is 276 g/mol. The summed E-state index contributed by atoms with van der Waals surface area (Å²) in [6, 6.07) is 9.42. The molecule has 0 aliphatic rings. The zero-order chi connectivity index (χ0) is 14.2. The number of benzene rings is 1. The molecule has 0 atom stereocenters. The van der Waals surface area contributed by atoms with Crippen molar-refractivity contribution in [2.45, 2.75) is 26.5 Å². The van der Waals surface area contributed by atoms with Gasteiger partial charge in [0, 0.05) is 12.6 Å². The zero-order valence-electron chi connectivity index (χ0n) is 11.9. The minimum atomic E-state index is 0.334. The summed E-state index contributed by atoms with van der Waals surface area (Å²) in [6.45, 7) is 4.15. The average Bonchev–Trinajstić information content (AvgIpc) is 2.93. The molecule has 0 aliphatic carbocycles. The van der Waals surface area contributed by atoms with Crippen LogP contribution in [0.5, 0.6) is 11.5 Å². The second kappa shape index (κ2) is 7.55. The summed E-state index contributed by atoms with van der Waals surface area (Å²) in [4.78, 5) is 0. The average molecular weight is 276 g/mol. The number of nitrogens with zero attached hydrogens (tertiary/aromatic N) is 1. The van der Waals surface area contributed by atoms with Crippen LogP contribution in [0.1, 0.15) is 24.8 Å². The highest BCUT2D eigenvalue weighted by atomic mass is 16.5. The van der Waals surface area contributed by atoms with Gasteiger partial charge in [0.1, 0.15) is 6.61 Å². The van der Waals surface area contributed by atoms with Crippen molar-refractivity contribution in [3.63, 3.8) is 0 Å². The summed E-state index contributed by atoms with van der Waals surface area (Å²) in [5.74, 6) is 2.10. The molecule has 20 heavy (non-hydrogen) atoms. The molecule has 1 aromatic heterocycles. The molecule has 108 valence electrons. The van der Waals surface area contributed by atoms with Gasteiger partial charge in [0.05, 0.1) is 12.8 Å². The summed E-state index contributed by atoms with van der Waals surface area (Å²) in [5.41, 5.74) is 0.886. The van der Waals surface area contributed by atoms with Crippen LogP contribution in [0.15, 0.2) is 34.9 Å². The van der Waals surface area contributed by atoms with Gasteiger partial charge in [0.2, 0.25) is 0 Å².